The van der Waals surface area contributed by atoms with Gasteiger partial charge in [-0.25, -0.2) is 28.3 Å². The van der Waals surface area contributed by atoms with Crippen LogP contribution in [0.1, 0.15) is 145 Å². The van der Waals surface area contributed by atoms with E-state index in [1.807, 2.05) is 69.2 Å². The maximum absolute atomic E-state index is 14.3. The van der Waals surface area contributed by atoms with Crippen LogP contribution in [0.25, 0.3) is 22.1 Å². The zero-order valence-electron chi connectivity index (χ0n) is 76.0. The Bertz CT molecular complexity index is 4320. The second-order valence-electron chi connectivity index (χ2n) is 38.3. The van der Waals surface area contributed by atoms with Gasteiger partial charge in [0.2, 0.25) is 10.6 Å². The predicted molar refractivity (Wildman–Crippen MR) is 463 cm³/mol. The van der Waals surface area contributed by atoms with E-state index in [0.29, 0.717) is 71.8 Å². The van der Waals surface area contributed by atoms with Crippen LogP contribution in [-0.4, -0.2) is 311 Å². The first-order chi connectivity index (χ1) is 58.2. The van der Waals surface area contributed by atoms with Gasteiger partial charge in [0.15, 0.2) is 69.3 Å². The summed E-state index contributed by atoms with van der Waals surface area (Å²) >= 11 is 13.3. The van der Waals surface area contributed by atoms with E-state index in [0.717, 1.165) is 63.5 Å². The SMILES string of the molecule is COCCOC[C@](COCc1nnnn1COCC[Si](C)(C)C)(OC[C@H]1O[C@@H](n2ncc3c(N(C(=O)OC(C)(C)C)C4CCCC4)nc(Cl)nc32)[C@@H]2OC(C)(C)O[C@@H]21)P(C)(C)=O.COCCOC[C@](COCc1nnnn1COCC[Si](C)(C)C)(OC[C@H]1O[C@@H](n2ncc3c(N(C(=O)OC(C)(C)C)C4CCCC4)nc(Cl)nc32)[C@@H]2OC(C)(C)O[C@@H]21)P(C)(C)=O. The van der Waals surface area contributed by atoms with Crippen LogP contribution in [0, 0.1) is 0 Å². The van der Waals surface area contributed by atoms with Crippen LogP contribution in [0.3, 0.4) is 0 Å². The number of tetrazole rings is 2. The zero-order valence-corrected chi connectivity index (χ0v) is 81.3. The predicted octanol–water partition coefficient (Wildman–Crippen LogP) is 12.2. The second kappa shape index (κ2) is 41.4. The van der Waals surface area contributed by atoms with Gasteiger partial charge in [0.25, 0.3) is 0 Å². The number of halogens is 2. The molecule has 10 atom stereocenters. The van der Waals surface area contributed by atoms with Crippen molar-refractivity contribution in [2.24, 2.45) is 0 Å². The standard InChI is InChI=1S/2C39H65ClN9O11PSi/c2*1-37(2,3)60-36(50)48(26-14-12-13-15-26)32-27-20-41-49(33(27)43-35(40)42-32)34-31-30(58-38(4,5)59-31)28(57-34)21-56-39(61(7,8)51,23-53-17-16-52-6)24-55-22-29-44-45-46-47(29)25-54-18-19-62(9,10)11/h2*20,26,28,30-31,34H,12-19,21-25H2,1-11H3/t2*28-,30-,31-,34-,39+/m11/s1. The second-order valence-corrected chi connectivity index (χ2v) is 57.3. The lowest BCUT2D eigenvalue weighted by Gasteiger charge is -2.38. The van der Waals surface area contributed by atoms with E-state index in [4.69, 9.17) is 119 Å². The molecule has 6 fully saturated rings. The largest absolute Gasteiger partial charge is 0.443 e. The molecule has 10 heterocycles. The number of nitrogens with zero attached hydrogens (tertiary/aromatic N) is 18. The fourth-order valence-electron chi connectivity index (χ4n) is 15.2. The third kappa shape index (κ3) is 25.6. The monoisotopic (exact) mass is 1860 g/mol. The van der Waals surface area contributed by atoms with E-state index in [-0.39, 0.29) is 102 Å². The lowest BCUT2D eigenvalue weighted by molar-refractivity contribution is -0.209. The minimum Gasteiger partial charge on any atom is -0.443 e. The van der Waals surface area contributed by atoms with Crippen molar-refractivity contribution in [1.82, 2.24) is 79.9 Å². The van der Waals surface area contributed by atoms with Gasteiger partial charge in [0, 0.05) is 55.7 Å². The van der Waals surface area contributed by atoms with Gasteiger partial charge >= 0.3 is 12.2 Å². The van der Waals surface area contributed by atoms with E-state index >= 15 is 0 Å². The number of ether oxygens (including phenoxy) is 18. The molecule has 0 N–H and O–H groups in total. The average Bonchev–Trinajstić information content (AvgIpc) is 1.58. The van der Waals surface area contributed by atoms with E-state index < -0.39 is 125 Å². The Balaban J connectivity index is 0.000000241. The quantitative estimate of drug-likeness (QED) is 0.0149. The Morgan fingerprint density at radius 2 is 0.871 bits per heavy atom. The summed E-state index contributed by atoms with van der Waals surface area (Å²) in [6, 6.07) is 1.72. The molecule has 4 saturated heterocycles. The topological polar surface area (TPSA) is 415 Å². The fraction of sp³-hybridized carbons (Fsp3) is 0.821. The van der Waals surface area contributed by atoms with E-state index in [9.17, 15) is 18.7 Å². The lowest BCUT2D eigenvalue weighted by atomic mass is 10.1. The highest BCUT2D eigenvalue weighted by Gasteiger charge is 2.60. The van der Waals surface area contributed by atoms with E-state index in [2.05, 4.69) is 90.3 Å². The highest BCUT2D eigenvalue weighted by atomic mass is 35.5. The molecule has 2 amide bonds. The molecule has 6 aliphatic rings. The summed E-state index contributed by atoms with van der Waals surface area (Å²) in [7, 11) is -5.77. The summed E-state index contributed by atoms with van der Waals surface area (Å²) in [5.41, 5.74) is -0.827. The third-order valence-corrected chi connectivity index (χ3v) is 30.3. The fourth-order valence-corrected chi connectivity index (χ4v) is 19.4. The Kier molecular flexibility index (Phi) is 33.1. The van der Waals surface area contributed by atoms with Gasteiger partial charge in [-0.3, -0.25) is 9.80 Å². The Morgan fingerprint density at radius 1 is 0.516 bits per heavy atom. The number of rotatable bonds is 42. The summed E-state index contributed by atoms with van der Waals surface area (Å²) in [5.74, 6) is -0.516. The molecule has 46 heteroatoms. The van der Waals surface area contributed by atoms with Crippen molar-refractivity contribution in [1.29, 1.82) is 0 Å². The first-order valence-electron chi connectivity index (χ1n) is 42.4. The molecule has 0 aromatic carbocycles. The van der Waals surface area contributed by atoms with Crippen molar-refractivity contribution in [2.45, 2.75) is 293 Å². The average molecular weight is 1860 g/mol. The number of methoxy groups -OCH3 is 2. The van der Waals surface area contributed by atoms with Crippen molar-refractivity contribution in [3.8, 4) is 0 Å². The number of carbonyl (C=O) groups is 2. The van der Waals surface area contributed by atoms with Gasteiger partial charge in [0.05, 0.1) is 89.2 Å². The van der Waals surface area contributed by atoms with Crippen LogP contribution in [0.2, 0.25) is 61.9 Å². The summed E-state index contributed by atoms with van der Waals surface area (Å²) < 4.78 is 146. The van der Waals surface area contributed by atoms with Gasteiger partial charge < -0.3 is 94.4 Å². The van der Waals surface area contributed by atoms with Crippen LogP contribution in [0.5, 0.6) is 0 Å². The molecule has 2 saturated carbocycles. The van der Waals surface area contributed by atoms with Crippen molar-refractivity contribution in [2.75, 3.05) is 130 Å². The van der Waals surface area contributed by atoms with Gasteiger partial charge in [0.1, 0.15) is 88.8 Å². The number of fused-ring (bicyclic) bond motifs is 4. The van der Waals surface area contributed by atoms with Gasteiger partial charge in [-0.2, -0.15) is 30.1 Å². The Labute approximate surface area is 737 Å². The molecule has 40 nitrogen and oxygen atoms in total. The van der Waals surface area contributed by atoms with Gasteiger partial charge in [-0.05, 0) is 178 Å². The molecular weight excluding hydrogens is 1730 g/mol. The number of hydrogen-bond donors (Lipinski definition) is 0. The molecule has 0 bridgehead atoms. The zero-order chi connectivity index (χ0) is 90.2. The normalized spacial score (nSPS) is 23.0. The molecule has 2 aliphatic carbocycles. The molecular formula is C78H130Cl2N18O22P2Si2. The van der Waals surface area contributed by atoms with Crippen molar-refractivity contribution in [3.05, 3.63) is 34.6 Å². The van der Waals surface area contributed by atoms with Crippen LogP contribution < -0.4 is 9.80 Å². The molecule has 6 aromatic rings. The third-order valence-electron chi connectivity index (χ3n) is 21.8. The molecule has 4 aliphatic heterocycles. The molecule has 696 valence electrons. The van der Waals surface area contributed by atoms with Crippen LogP contribution in [0.4, 0.5) is 21.2 Å². The van der Waals surface area contributed by atoms with Crippen molar-refractivity contribution >= 4 is 99.5 Å². The summed E-state index contributed by atoms with van der Waals surface area (Å²) in [5, 5.41) is 31.4. The van der Waals surface area contributed by atoms with Crippen LogP contribution in [0.15, 0.2) is 12.4 Å². The Hall–Kier alpha value is -5.39. The number of anilines is 2. The maximum Gasteiger partial charge on any atom is 0.416 e. The van der Waals surface area contributed by atoms with E-state index in [1.165, 1.54) is 9.36 Å². The molecule has 12 rings (SSSR count). The van der Waals surface area contributed by atoms with Crippen LogP contribution >= 0.6 is 37.5 Å². The summed E-state index contributed by atoms with van der Waals surface area (Å²) in [6.45, 7) is 40.5. The van der Waals surface area contributed by atoms with Gasteiger partial charge in [-0.15, -0.1) is 10.2 Å². The van der Waals surface area contributed by atoms with Gasteiger partial charge in [-0.1, -0.05) is 65.0 Å². The molecule has 0 unspecified atom stereocenters. The summed E-state index contributed by atoms with van der Waals surface area (Å²) in [6.07, 6.45) is 3.24. The first-order valence-corrected chi connectivity index (χ1v) is 55.8. The first kappa shape index (κ1) is 99.2. The van der Waals surface area contributed by atoms with Crippen molar-refractivity contribution in [3.63, 3.8) is 0 Å². The highest BCUT2D eigenvalue weighted by molar-refractivity contribution is 7.64. The molecule has 124 heavy (non-hydrogen) atoms. The minimum absolute atomic E-state index is 0.00369. The molecule has 0 radical (unpaired) electrons. The molecule has 6 aromatic heterocycles. The summed E-state index contributed by atoms with van der Waals surface area (Å²) in [4.78, 5) is 49.1. The number of hydrogen-bond acceptors (Lipinski definition) is 34. The minimum atomic E-state index is -3.18. The van der Waals surface area contributed by atoms with Crippen LogP contribution in [-0.2, 0) is 121 Å². The Morgan fingerprint density at radius 3 is 1.21 bits per heavy atom. The lowest BCUT2D eigenvalue weighted by Crippen LogP contribution is -2.46. The maximum atomic E-state index is 14.3. The van der Waals surface area contributed by atoms with E-state index in [1.54, 1.807) is 72.4 Å². The number of carbonyl (C=O) groups excluding carboxylic acids is 2. The molecule has 0 spiro atoms. The van der Waals surface area contributed by atoms with Crippen molar-refractivity contribution < 1.29 is 104 Å². The number of aromatic nitrogens is 16. The highest BCUT2D eigenvalue weighted by Crippen LogP contribution is 2.56. The smallest absolute Gasteiger partial charge is 0.416 e. The number of amides is 2.